The van der Waals surface area contributed by atoms with Crippen molar-refractivity contribution >= 4 is 40.0 Å². The Morgan fingerprint density at radius 1 is 1.23 bits per heavy atom. The lowest BCUT2D eigenvalue weighted by atomic mass is 9.98. The number of nitrogens with one attached hydrogen (secondary N) is 2. The molecule has 1 atom stereocenters. The van der Waals surface area contributed by atoms with E-state index in [-0.39, 0.29) is 11.0 Å². The number of carbonyl (C=O) groups excluding carboxylic acids is 1. The summed E-state index contributed by atoms with van der Waals surface area (Å²) in [7, 11) is 0. The molecule has 2 aromatic carbocycles. The van der Waals surface area contributed by atoms with E-state index in [1.165, 1.54) is 12.5 Å². The number of rotatable bonds is 4. The Morgan fingerprint density at radius 2 is 1.96 bits per heavy atom. The summed E-state index contributed by atoms with van der Waals surface area (Å²) in [6, 6.07) is 13.7. The highest BCUT2D eigenvalue weighted by molar-refractivity contribution is 7.80. The molecule has 1 amide bonds. The predicted octanol–water partition coefficient (Wildman–Crippen LogP) is 4.84. The average Bonchev–Trinajstić information content (AvgIpc) is 3.04. The van der Waals surface area contributed by atoms with Gasteiger partial charge in [-0.2, -0.15) is 0 Å². The van der Waals surface area contributed by atoms with Crippen LogP contribution in [0.1, 0.15) is 38.7 Å². The largest absolute Gasteiger partial charge is 0.436 e. The number of nitrogens with zero attached hydrogens (tertiary/aromatic N) is 1. The minimum atomic E-state index is -0.206. The fraction of sp³-hybridized carbons (Fsp3) is 0.250. The highest BCUT2D eigenvalue weighted by atomic mass is 32.1. The van der Waals surface area contributed by atoms with Gasteiger partial charge in [-0.3, -0.25) is 4.79 Å². The second kappa shape index (κ2) is 7.66. The van der Waals surface area contributed by atoms with Crippen molar-refractivity contribution in [3.05, 3.63) is 48.0 Å². The third-order valence-electron chi connectivity index (χ3n) is 4.27. The Balaban J connectivity index is 1.80. The van der Waals surface area contributed by atoms with Gasteiger partial charge in [-0.1, -0.05) is 19.9 Å². The van der Waals surface area contributed by atoms with Crippen LogP contribution >= 0.6 is 12.2 Å². The summed E-state index contributed by atoms with van der Waals surface area (Å²) in [5.41, 5.74) is 4.57. The molecule has 0 bridgehead atoms. The Labute approximate surface area is 157 Å². The van der Waals surface area contributed by atoms with Gasteiger partial charge in [-0.15, -0.1) is 0 Å². The van der Waals surface area contributed by atoms with Crippen LogP contribution in [0.15, 0.2) is 46.9 Å². The highest BCUT2D eigenvalue weighted by Crippen LogP contribution is 2.28. The second-order valence-corrected chi connectivity index (χ2v) is 6.68. The van der Waals surface area contributed by atoms with E-state index in [1.807, 2.05) is 30.3 Å². The molecule has 6 heteroatoms. The zero-order chi connectivity index (χ0) is 18.7. The Hall–Kier alpha value is -2.73. The van der Waals surface area contributed by atoms with Crippen LogP contribution in [0.25, 0.3) is 22.6 Å². The van der Waals surface area contributed by atoms with Crippen molar-refractivity contribution < 1.29 is 9.21 Å². The summed E-state index contributed by atoms with van der Waals surface area (Å²) in [5.74, 6) is 0.872. The number of hydrogen-bond donors (Lipinski definition) is 2. The molecule has 0 fully saturated rings. The minimum absolute atomic E-state index is 0.206. The van der Waals surface area contributed by atoms with Crippen molar-refractivity contribution in [2.75, 3.05) is 5.32 Å². The summed E-state index contributed by atoms with van der Waals surface area (Å²) in [6.07, 6.45) is 1.09. The molecule has 1 aromatic heterocycles. The minimum Gasteiger partial charge on any atom is -0.436 e. The Bertz CT molecular complexity index is 947. The number of hydrogen-bond acceptors (Lipinski definition) is 4. The van der Waals surface area contributed by atoms with E-state index >= 15 is 0 Å². The molecular formula is C20H21N3O2S. The first-order chi connectivity index (χ1) is 12.5. The van der Waals surface area contributed by atoms with E-state index in [0.29, 0.717) is 11.8 Å². The fourth-order valence-electron chi connectivity index (χ4n) is 2.63. The van der Waals surface area contributed by atoms with Crippen LogP contribution in [0.4, 0.5) is 5.69 Å². The number of anilines is 1. The third-order valence-corrected chi connectivity index (χ3v) is 4.48. The van der Waals surface area contributed by atoms with Gasteiger partial charge in [-0.05, 0) is 66.5 Å². The summed E-state index contributed by atoms with van der Waals surface area (Å²) < 4.78 is 5.88. The van der Waals surface area contributed by atoms with Crippen molar-refractivity contribution in [1.82, 2.24) is 10.3 Å². The number of benzene rings is 2. The number of aromatic nitrogens is 1. The zero-order valence-corrected chi connectivity index (χ0v) is 15.8. The van der Waals surface area contributed by atoms with Crippen molar-refractivity contribution in [2.45, 2.75) is 33.1 Å². The summed E-state index contributed by atoms with van der Waals surface area (Å²) >= 11 is 5.05. The molecule has 0 aliphatic heterocycles. The van der Waals surface area contributed by atoms with Gasteiger partial charge in [0.2, 0.25) is 11.8 Å². The van der Waals surface area contributed by atoms with Crippen LogP contribution in [0.3, 0.4) is 0 Å². The topological polar surface area (TPSA) is 67.2 Å². The molecule has 0 aliphatic rings. The van der Waals surface area contributed by atoms with Gasteiger partial charge in [0.25, 0.3) is 0 Å². The quantitative estimate of drug-likeness (QED) is 0.646. The number of carbonyl (C=O) groups is 1. The Morgan fingerprint density at radius 3 is 2.62 bits per heavy atom. The van der Waals surface area contributed by atoms with Crippen LogP contribution in [-0.4, -0.2) is 16.0 Å². The van der Waals surface area contributed by atoms with Crippen LogP contribution in [0.5, 0.6) is 0 Å². The first-order valence-electron chi connectivity index (χ1n) is 8.55. The van der Waals surface area contributed by atoms with Gasteiger partial charge >= 0.3 is 0 Å². The lowest BCUT2D eigenvalue weighted by molar-refractivity contribution is -0.117. The van der Waals surface area contributed by atoms with Gasteiger partial charge in [0, 0.05) is 18.2 Å². The molecule has 0 radical (unpaired) electrons. The normalized spacial score (nSPS) is 12.0. The van der Waals surface area contributed by atoms with Gasteiger partial charge in [0.05, 0.1) is 0 Å². The van der Waals surface area contributed by atoms with Gasteiger partial charge in [-0.25, -0.2) is 4.98 Å². The lowest BCUT2D eigenvalue weighted by Crippen LogP contribution is -2.32. The average molecular weight is 367 g/mol. The maximum absolute atomic E-state index is 11.0. The molecule has 26 heavy (non-hydrogen) atoms. The molecule has 1 heterocycles. The molecular weight excluding hydrogens is 346 g/mol. The van der Waals surface area contributed by atoms with Crippen LogP contribution < -0.4 is 10.6 Å². The number of fused-ring (bicyclic) bond motifs is 1. The first-order valence-corrected chi connectivity index (χ1v) is 8.96. The lowest BCUT2D eigenvalue weighted by Gasteiger charge is -2.07. The van der Waals surface area contributed by atoms with Crippen molar-refractivity contribution in [3.8, 4) is 11.5 Å². The van der Waals surface area contributed by atoms with E-state index in [2.05, 4.69) is 41.6 Å². The summed E-state index contributed by atoms with van der Waals surface area (Å²) in [4.78, 5) is 15.6. The number of oxazole rings is 1. The van der Waals surface area contributed by atoms with E-state index in [1.54, 1.807) is 0 Å². The maximum atomic E-state index is 11.0. The first kappa shape index (κ1) is 18.1. The predicted molar refractivity (Wildman–Crippen MR) is 108 cm³/mol. The molecule has 1 unspecified atom stereocenters. The standard InChI is InChI=1S/C20H21N3O2S/c1-4-12(2)15-7-10-18-17(11-15)23-19(25-18)14-5-8-16(9-6-14)22-20(26)21-13(3)24/h5-12H,4H2,1-3H3,(H2,21,22,24,26). The zero-order valence-electron chi connectivity index (χ0n) is 15.0. The fourth-order valence-corrected chi connectivity index (χ4v) is 2.89. The molecule has 3 rings (SSSR count). The van der Waals surface area contributed by atoms with Gasteiger partial charge < -0.3 is 15.1 Å². The SMILES string of the molecule is CCC(C)c1ccc2oc(-c3ccc(NC(=S)NC(C)=O)cc3)nc2c1. The van der Waals surface area contributed by atoms with E-state index < -0.39 is 0 Å². The molecule has 2 N–H and O–H groups in total. The smallest absolute Gasteiger partial charge is 0.227 e. The van der Waals surface area contributed by atoms with Crippen LogP contribution in [0.2, 0.25) is 0 Å². The molecule has 0 spiro atoms. The number of thiocarbonyl (C=S) groups is 1. The summed E-state index contributed by atoms with van der Waals surface area (Å²) in [6.45, 7) is 5.80. The van der Waals surface area contributed by atoms with E-state index in [9.17, 15) is 4.79 Å². The molecule has 0 aliphatic carbocycles. The molecule has 3 aromatic rings. The summed E-state index contributed by atoms with van der Waals surface area (Å²) in [5, 5.41) is 5.75. The van der Waals surface area contributed by atoms with E-state index in [0.717, 1.165) is 28.8 Å². The highest BCUT2D eigenvalue weighted by Gasteiger charge is 2.11. The molecule has 0 saturated heterocycles. The van der Waals surface area contributed by atoms with Gasteiger partial charge in [0.15, 0.2) is 10.7 Å². The van der Waals surface area contributed by atoms with Crippen molar-refractivity contribution in [3.63, 3.8) is 0 Å². The molecule has 134 valence electrons. The van der Waals surface area contributed by atoms with Crippen molar-refractivity contribution in [1.29, 1.82) is 0 Å². The van der Waals surface area contributed by atoms with Crippen molar-refractivity contribution in [2.24, 2.45) is 0 Å². The van der Waals surface area contributed by atoms with Gasteiger partial charge in [0.1, 0.15) is 5.52 Å². The molecule has 5 nitrogen and oxygen atoms in total. The van der Waals surface area contributed by atoms with E-state index in [4.69, 9.17) is 16.6 Å². The number of amides is 1. The second-order valence-electron chi connectivity index (χ2n) is 6.27. The Kier molecular flexibility index (Phi) is 5.32. The van der Waals surface area contributed by atoms with Crippen LogP contribution in [0, 0.1) is 0 Å². The monoisotopic (exact) mass is 367 g/mol. The van der Waals surface area contributed by atoms with Crippen LogP contribution in [-0.2, 0) is 4.79 Å². The maximum Gasteiger partial charge on any atom is 0.227 e. The molecule has 0 saturated carbocycles. The third kappa shape index (κ3) is 4.08.